The van der Waals surface area contributed by atoms with Crippen molar-refractivity contribution in [2.45, 2.75) is 65.0 Å². The Bertz CT molecular complexity index is 2320. The van der Waals surface area contributed by atoms with E-state index in [4.69, 9.17) is 10.7 Å². The van der Waals surface area contributed by atoms with Crippen LogP contribution in [0.15, 0.2) is 85.2 Å². The number of rotatable bonds is 10. The van der Waals surface area contributed by atoms with Gasteiger partial charge >= 0.3 is 0 Å². The molecule has 13 heteroatoms. The highest BCUT2D eigenvalue weighted by Gasteiger charge is 2.48. The van der Waals surface area contributed by atoms with Gasteiger partial charge in [0, 0.05) is 95.1 Å². The molecule has 6 aromatic rings. The first-order chi connectivity index (χ1) is 28.3. The Morgan fingerprint density at radius 1 is 0.672 bits per heavy atom. The Morgan fingerprint density at radius 3 is 1.71 bits per heavy atom. The van der Waals surface area contributed by atoms with Gasteiger partial charge in [0.2, 0.25) is 17.8 Å². The number of aromatic nitrogens is 6. The van der Waals surface area contributed by atoms with Crippen LogP contribution in [0.3, 0.4) is 0 Å². The standard InChI is InChI=1S/C25H32N6O.C20H24N6/c1-2-3-9-21(32)27-24-28-22-20(10-13-26-22)23(29-24)31-15-14-30(17-25(18-31)11-12-25)16-19-7-5-4-6-8-19;21-19-23-17-16(6-9-22-17)18(24-19)26-11-10-25(13-20(14-26)7-8-20)12-15-4-2-1-3-5-15/h4-8,10,13H,2-3,9,11-12,14-18H2,1H3,(H2,26,27,28,29,32);1-6,9H,7-8,10-14H2,(H3,21,22,23,24). The molecule has 2 saturated heterocycles. The summed E-state index contributed by atoms with van der Waals surface area (Å²) in [4.78, 5) is 47.0. The molecule has 10 rings (SSSR count). The SMILES string of the molecule is CCCCC(=O)Nc1nc(N2CCN(Cc3ccccc3)CC3(CC3)C2)c2cc[nH]c2n1.Nc1nc(N2CCN(Cc3ccccc3)CC3(CC3)C2)c2cc[nH]c2n1. The second kappa shape index (κ2) is 16.4. The van der Waals surface area contributed by atoms with Crippen LogP contribution in [0.25, 0.3) is 22.1 Å². The molecule has 0 bridgehead atoms. The molecule has 2 aliphatic heterocycles. The molecule has 2 saturated carbocycles. The molecule has 2 spiro atoms. The average Bonchev–Trinajstić information content (AvgIpc) is 4.09. The zero-order valence-electron chi connectivity index (χ0n) is 33.7. The number of hydrogen-bond acceptors (Lipinski definition) is 10. The zero-order valence-corrected chi connectivity index (χ0v) is 33.7. The molecular formula is C45H56N12O. The summed E-state index contributed by atoms with van der Waals surface area (Å²) in [5.74, 6) is 2.61. The van der Waals surface area contributed by atoms with Crippen LogP contribution in [0.2, 0.25) is 0 Å². The van der Waals surface area contributed by atoms with Gasteiger partial charge in [0.1, 0.15) is 22.9 Å². The van der Waals surface area contributed by atoms with E-state index in [0.717, 1.165) is 112 Å². The van der Waals surface area contributed by atoms with Crippen molar-refractivity contribution in [3.8, 4) is 0 Å². The minimum Gasteiger partial charge on any atom is -0.368 e. The van der Waals surface area contributed by atoms with Crippen LogP contribution in [-0.2, 0) is 17.9 Å². The molecular weight excluding hydrogens is 725 g/mol. The number of fused-ring (bicyclic) bond motifs is 2. The van der Waals surface area contributed by atoms with E-state index < -0.39 is 0 Å². The summed E-state index contributed by atoms with van der Waals surface area (Å²) < 4.78 is 0. The van der Waals surface area contributed by atoms with Crippen molar-refractivity contribution >= 4 is 51.5 Å². The van der Waals surface area contributed by atoms with Crippen LogP contribution in [0.5, 0.6) is 0 Å². The summed E-state index contributed by atoms with van der Waals surface area (Å²) in [5.41, 5.74) is 11.0. The second-order valence-electron chi connectivity index (χ2n) is 17.1. The largest absolute Gasteiger partial charge is 0.368 e. The van der Waals surface area contributed by atoms with Gasteiger partial charge in [-0.05, 0) is 55.4 Å². The molecule has 0 unspecified atom stereocenters. The van der Waals surface area contributed by atoms with Gasteiger partial charge in [0.25, 0.3) is 0 Å². The third-order valence-corrected chi connectivity index (χ3v) is 12.4. The van der Waals surface area contributed by atoms with Crippen molar-refractivity contribution in [2.24, 2.45) is 10.8 Å². The van der Waals surface area contributed by atoms with Crippen LogP contribution in [0.1, 0.15) is 63.0 Å². The molecule has 4 fully saturated rings. The third kappa shape index (κ3) is 8.80. The summed E-state index contributed by atoms with van der Waals surface area (Å²) in [7, 11) is 0. The summed E-state index contributed by atoms with van der Waals surface area (Å²) in [6.45, 7) is 12.3. The van der Waals surface area contributed by atoms with E-state index in [1.54, 1.807) is 0 Å². The van der Waals surface area contributed by atoms with Gasteiger partial charge in [0.15, 0.2) is 0 Å². The lowest BCUT2D eigenvalue weighted by Gasteiger charge is -2.25. The van der Waals surface area contributed by atoms with Crippen LogP contribution in [-0.4, -0.2) is 98.0 Å². The first kappa shape index (κ1) is 38.0. The molecule has 0 atom stereocenters. The van der Waals surface area contributed by atoms with Crippen molar-refractivity contribution in [3.05, 3.63) is 96.3 Å². The quantitative estimate of drug-likeness (QED) is 0.117. The average molecular weight is 781 g/mol. The number of anilines is 4. The van der Waals surface area contributed by atoms with Crippen molar-refractivity contribution in [2.75, 3.05) is 73.2 Å². The Hall–Kier alpha value is -5.53. The Labute approximate surface area is 340 Å². The lowest BCUT2D eigenvalue weighted by molar-refractivity contribution is -0.116. The number of hydrogen-bond donors (Lipinski definition) is 4. The number of carbonyl (C=O) groups excluding carboxylic acids is 1. The minimum absolute atomic E-state index is 0.0210. The number of nitrogens with two attached hydrogens (primary N) is 1. The number of nitrogens with one attached hydrogen (secondary N) is 3. The maximum Gasteiger partial charge on any atom is 0.233 e. The Morgan fingerprint density at radius 2 is 1.19 bits per heavy atom. The number of carbonyl (C=O) groups is 1. The van der Waals surface area contributed by atoms with Crippen molar-refractivity contribution in [3.63, 3.8) is 0 Å². The van der Waals surface area contributed by atoms with Crippen LogP contribution in [0.4, 0.5) is 23.5 Å². The smallest absolute Gasteiger partial charge is 0.233 e. The molecule has 58 heavy (non-hydrogen) atoms. The highest BCUT2D eigenvalue weighted by atomic mass is 16.1. The number of aromatic amines is 2. The van der Waals surface area contributed by atoms with Crippen molar-refractivity contribution < 1.29 is 4.79 Å². The first-order valence-electron chi connectivity index (χ1n) is 21.1. The molecule has 6 heterocycles. The van der Waals surface area contributed by atoms with Gasteiger partial charge in [-0.2, -0.15) is 19.9 Å². The summed E-state index contributed by atoms with van der Waals surface area (Å²) in [6.07, 6.45) is 11.3. The predicted molar refractivity (Wildman–Crippen MR) is 232 cm³/mol. The number of H-pyrrole nitrogens is 2. The summed E-state index contributed by atoms with van der Waals surface area (Å²) in [6, 6.07) is 25.6. The summed E-state index contributed by atoms with van der Waals surface area (Å²) >= 11 is 0. The Kier molecular flexibility index (Phi) is 10.7. The van der Waals surface area contributed by atoms with Gasteiger partial charge < -0.3 is 25.5 Å². The zero-order chi connectivity index (χ0) is 39.5. The number of benzene rings is 2. The number of nitrogens with zero attached hydrogens (tertiary/aromatic N) is 8. The predicted octanol–water partition coefficient (Wildman–Crippen LogP) is 6.83. The lowest BCUT2D eigenvalue weighted by Crippen LogP contribution is -2.32. The van der Waals surface area contributed by atoms with Crippen LogP contribution in [0, 0.1) is 10.8 Å². The maximum atomic E-state index is 12.3. The molecule has 302 valence electrons. The minimum atomic E-state index is -0.0210. The second-order valence-corrected chi connectivity index (χ2v) is 17.1. The first-order valence-corrected chi connectivity index (χ1v) is 21.1. The summed E-state index contributed by atoms with van der Waals surface area (Å²) in [5, 5.41) is 4.99. The van der Waals surface area contributed by atoms with Crippen molar-refractivity contribution in [1.29, 1.82) is 0 Å². The lowest BCUT2D eigenvalue weighted by atomic mass is 10.1. The van der Waals surface area contributed by atoms with Crippen LogP contribution >= 0.6 is 0 Å². The van der Waals surface area contributed by atoms with E-state index in [1.165, 1.54) is 36.8 Å². The van der Waals surface area contributed by atoms with E-state index in [-0.39, 0.29) is 5.91 Å². The monoisotopic (exact) mass is 780 g/mol. The van der Waals surface area contributed by atoms with E-state index >= 15 is 0 Å². The molecule has 0 radical (unpaired) electrons. The van der Waals surface area contributed by atoms with E-state index in [2.05, 4.69) is 123 Å². The number of unbranched alkanes of at least 4 members (excludes halogenated alkanes) is 1. The molecule has 5 N–H and O–H groups in total. The molecule has 2 aromatic carbocycles. The maximum absolute atomic E-state index is 12.3. The molecule has 13 nitrogen and oxygen atoms in total. The molecule has 1 amide bonds. The van der Waals surface area contributed by atoms with Gasteiger partial charge in [-0.15, -0.1) is 0 Å². The fourth-order valence-corrected chi connectivity index (χ4v) is 8.93. The van der Waals surface area contributed by atoms with Crippen molar-refractivity contribution in [1.82, 2.24) is 39.7 Å². The van der Waals surface area contributed by atoms with E-state index in [0.29, 0.717) is 29.1 Å². The van der Waals surface area contributed by atoms with Gasteiger partial charge in [0.05, 0.1) is 10.8 Å². The molecule has 4 aliphatic rings. The van der Waals surface area contributed by atoms with Crippen LogP contribution < -0.4 is 20.9 Å². The van der Waals surface area contributed by atoms with Gasteiger partial charge in [-0.3, -0.25) is 19.9 Å². The highest BCUT2D eigenvalue weighted by Crippen LogP contribution is 2.50. The third-order valence-electron chi connectivity index (χ3n) is 12.4. The van der Waals surface area contributed by atoms with E-state index in [1.807, 2.05) is 18.5 Å². The normalized spacial score (nSPS) is 18.8. The van der Waals surface area contributed by atoms with Gasteiger partial charge in [-0.25, -0.2) is 0 Å². The highest BCUT2D eigenvalue weighted by molar-refractivity contribution is 5.93. The Balaban J connectivity index is 0.000000153. The fourth-order valence-electron chi connectivity index (χ4n) is 8.93. The fraction of sp³-hybridized carbons (Fsp3) is 0.444. The van der Waals surface area contributed by atoms with E-state index in [9.17, 15) is 4.79 Å². The molecule has 4 aromatic heterocycles. The molecule has 2 aliphatic carbocycles. The number of amides is 1. The topological polar surface area (TPSA) is 151 Å². The van der Waals surface area contributed by atoms with Gasteiger partial charge in [-0.1, -0.05) is 74.0 Å². The number of nitrogen functional groups attached to an aromatic ring is 1.